The van der Waals surface area contributed by atoms with Crippen molar-refractivity contribution in [3.63, 3.8) is 0 Å². The number of hydrogen-bond donors (Lipinski definition) is 2. The molecule has 0 aliphatic carbocycles. The van der Waals surface area contributed by atoms with Crippen LogP contribution in [0.2, 0.25) is 0 Å². The second kappa shape index (κ2) is 9.83. The smallest absolute Gasteiger partial charge is 0.255 e. The van der Waals surface area contributed by atoms with E-state index in [0.717, 1.165) is 6.42 Å². The molecule has 1 aromatic carbocycles. The summed E-state index contributed by atoms with van der Waals surface area (Å²) in [6.07, 6.45) is 3.93. The number of benzene rings is 1. The molecule has 0 spiro atoms. The molecule has 1 aliphatic heterocycles. The third kappa shape index (κ3) is 5.64. The number of anilines is 1. The third-order valence-corrected chi connectivity index (χ3v) is 4.47. The van der Waals surface area contributed by atoms with Gasteiger partial charge in [-0.1, -0.05) is 13.0 Å². The highest BCUT2D eigenvalue weighted by atomic mass is 16.5. The Hall–Kier alpha value is -3.20. The van der Waals surface area contributed by atoms with Gasteiger partial charge in [-0.2, -0.15) is 5.10 Å². The fraction of sp³-hybridized carbons (Fsp3) is 0.400. The van der Waals surface area contributed by atoms with Crippen molar-refractivity contribution in [1.82, 2.24) is 20.0 Å². The zero-order valence-corrected chi connectivity index (χ0v) is 16.4. The van der Waals surface area contributed by atoms with E-state index in [9.17, 15) is 14.4 Å². The van der Waals surface area contributed by atoms with Crippen LogP contribution in [0.5, 0.6) is 0 Å². The van der Waals surface area contributed by atoms with Gasteiger partial charge in [0, 0.05) is 37.0 Å². The van der Waals surface area contributed by atoms with Crippen LogP contribution >= 0.6 is 0 Å². The first-order chi connectivity index (χ1) is 14.1. The van der Waals surface area contributed by atoms with E-state index >= 15 is 0 Å². The van der Waals surface area contributed by atoms with E-state index in [1.807, 2.05) is 6.92 Å². The van der Waals surface area contributed by atoms with E-state index in [1.54, 1.807) is 35.4 Å². The molecule has 29 heavy (non-hydrogen) atoms. The van der Waals surface area contributed by atoms with Gasteiger partial charge in [-0.3, -0.25) is 19.1 Å². The van der Waals surface area contributed by atoms with Crippen molar-refractivity contribution in [3.05, 3.63) is 47.8 Å². The first-order valence-corrected chi connectivity index (χ1v) is 9.64. The SMILES string of the molecule is CCCNC(=O)c1cccc(C(=O)Nc2cnn(CC(=O)N3CCOCC3)c2)c1. The van der Waals surface area contributed by atoms with Crippen LogP contribution in [0.4, 0.5) is 5.69 Å². The van der Waals surface area contributed by atoms with Gasteiger partial charge in [0.15, 0.2) is 0 Å². The van der Waals surface area contributed by atoms with Gasteiger partial charge in [0.25, 0.3) is 11.8 Å². The largest absolute Gasteiger partial charge is 0.378 e. The van der Waals surface area contributed by atoms with Gasteiger partial charge in [0.05, 0.1) is 25.1 Å². The van der Waals surface area contributed by atoms with Gasteiger partial charge in [-0.25, -0.2) is 0 Å². The quantitative estimate of drug-likeness (QED) is 0.726. The van der Waals surface area contributed by atoms with E-state index in [1.165, 1.54) is 10.9 Å². The lowest BCUT2D eigenvalue weighted by Crippen LogP contribution is -2.42. The summed E-state index contributed by atoms with van der Waals surface area (Å²) in [7, 11) is 0. The molecular formula is C20H25N5O4. The Balaban J connectivity index is 1.58. The molecule has 2 N–H and O–H groups in total. The van der Waals surface area contributed by atoms with E-state index in [0.29, 0.717) is 49.7 Å². The molecule has 1 aliphatic rings. The summed E-state index contributed by atoms with van der Waals surface area (Å²) in [5.41, 5.74) is 1.27. The summed E-state index contributed by atoms with van der Waals surface area (Å²) in [6.45, 7) is 4.89. The molecule has 1 fully saturated rings. The minimum Gasteiger partial charge on any atom is -0.378 e. The Labute approximate surface area is 169 Å². The van der Waals surface area contributed by atoms with Gasteiger partial charge in [0.1, 0.15) is 6.54 Å². The van der Waals surface area contributed by atoms with E-state index < -0.39 is 0 Å². The van der Waals surface area contributed by atoms with Crippen molar-refractivity contribution in [1.29, 1.82) is 0 Å². The van der Waals surface area contributed by atoms with Crippen molar-refractivity contribution in [3.8, 4) is 0 Å². The van der Waals surface area contributed by atoms with Crippen LogP contribution in [-0.2, 0) is 16.1 Å². The van der Waals surface area contributed by atoms with Gasteiger partial charge in [0.2, 0.25) is 5.91 Å². The summed E-state index contributed by atoms with van der Waals surface area (Å²) in [6, 6.07) is 6.52. The zero-order valence-electron chi connectivity index (χ0n) is 16.4. The third-order valence-electron chi connectivity index (χ3n) is 4.47. The number of ether oxygens (including phenoxy) is 1. The van der Waals surface area contributed by atoms with Crippen LogP contribution in [0.25, 0.3) is 0 Å². The van der Waals surface area contributed by atoms with Gasteiger partial charge in [-0.15, -0.1) is 0 Å². The number of carbonyl (C=O) groups excluding carboxylic acids is 3. The Morgan fingerprint density at radius 1 is 1.14 bits per heavy atom. The van der Waals surface area contributed by atoms with Crippen LogP contribution < -0.4 is 10.6 Å². The van der Waals surface area contributed by atoms with Crippen molar-refractivity contribution < 1.29 is 19.1 Å². The summed E-state index contributed by atoms with van der Waals surface area (Å²) in [5.74, 6) is -0.606. The highest BCUT2D eigenvalue weighted by molar-refractivity contribution is 6.06. The number of hydrogen-bond acceptors (Lipinski definition) is 5. The molecule has 0 radical (unpaired) electrons. The maximum Gasteiger partial charge on any atom is 0.255 e. The average molecular weight is 399 g/mol. The highest BCUT2D eigenvalue weighted by Crippen LogP contribution is 2.11. The molecule has 3 amide bonds. The normalized spacial score (nSPS) is 13.8. The molecule has 0 saturated carbocycles. The summed E-state index contributed by atoms with van der Waals surface area (Å²) < 4.78 is 6.73. The van der Waals surface area contributed by atoms with Crippen LogP contribution in [0.1, 0.15) is 34.1 Å². The number of rotatable bonds is 7. The number of amides is 3. The zero-order chi connectivity index (χ0) is 20.6. The molecule has 3 rings (SSSR count). The Morgan fingerprint density at radius 3 is 2.59 bits per heavy atom. The monoisotopic (exact) mass is 399 g/mol. The predicted octanol–water partition coefficient (Wildman–Crippen LogP) is 1.13. The van der Waals surface area contributed by atoms with Crippen molar-refractivity contribution in [2.45, 2.75) is 19.9 Å². The first kappa shape index (κ1) is 20.5. The number of carbonyl (C=O) groups is 3. The molecule has 9 nitrogen and oxygen atoms in total. The summed E-state index contributed by atoms with van der Waals surface area (Å²) >= 11 is 0. The minimum atomic E-state index is -0.353. The van der Waals surface area contributed by atoms with Crippen LogP contribution in [0.15, 0.2) is 36.7 Å². The van der Waals surface area contributed by atoms with E-state index in [2.05, 4.69) is 15.7 Å². The summed E-state index contributed by atoms with van der Waals surface area (Å²) in [4.78, 5) is 38.6. The topological polar surface area (TPSA) is 106 Å². The minimum absolute atomic E-state index is 0.0416. The van der Waals surface area contributed by atoms with E-state index in [-0.39, 0.29) is 24.3 Å². The first-order valence-electron chi connectivity index (χ1n) is 9.64. The van der Waals surface area contributed by atoms with Crippen LogP contribution in [0, 0.1) is 0 Å². The van der Waals surface area contributed by atoms with Gasteiger partial charge in [-0.05, 0) is 24.6 Å². The van der Waals surface area contributed by atoms with Crippen molar-refractivity contribution in [2.24, 2.45) is 0 Å². The number of nitrogens with zero attached hydrogens (tertiary/aromatic N) is 3. The molecule has 2 heterocycles. The maximum atomic E-state index is 12.5. The molecule has 1 saturated heterocycles. The second-order valence-corrected chi connectivity index (χ2v) is 6.71. The van der Waals surface area contributed by atoms with E-state index in [4.69, 9.17) is 4.74 Å². The molecule has 1 aromatic heterocycles. The fourth-order valence-electron chi connectivity index (χ4n) is 2.91. The molecule has 2 aromatic rings. The molecule has 0 atom stereocenters. The Bertz CT molecular complexity index is 873. The number of nitrogens with one attached hydrogen (secondary N) is 2. The van der Waals surface area contributed by atoms with Crippen molar-refractivity contribution in [2.75, 3.05) is 38.2 Å². The molecule has 9 heteroatoms. The maximum absolute atomic E-state index is 12.5. The molecule has 0 unspecified atom stereocenters. The lowest BCUT2D eigenvalue weighted by atomic mass is 10.1. The Morgan fingerprint density at radius 2 is 1.86 bits per heavy atom. The lowest BCUT2D eigenvalue weighted by Gasteiger charge is -2.26. The standard InChI is InChI=1S/C20H25N5O4/c1-2-6-21-19(27)15-4-3-5-16(11-15)20(28)23-17-12-22-25(13-17)14-18(26)24-7-9-29-10-8-24/h3-5,11-13H,2,6-10,14H2,1H3,(H,21,27)(H,23,28). The second-order valence-electron chi connectivity index (χ2n) is 6.71. The van der Waals surface area contributed by atoms with Gasteiger partial charge >= 0.3 is 0 Å². The molecular weight excluding hydrogens is 374 g/mol. The van der Waals surface area contributed by atoms with Crippen LogP contribution in [-0.4, -0.2) is 65.2 Å². The Kier molecular flexibility index (Phi) is 6.96. The molecule has 0 bridgehead atoms. The highest BCUT2D eigenvalue weighted by Gasteiger charge is 2.18. The van der Waals surface area contributed by atoms with Crippen LogP contribution in [0.3, 0.4) is 0 Å². The number of aromatic nitrogens is 2. The van der Waals surface area contributed by atoms with Crippen molar-refractivity contribution >= 4 is 23.4 Å². The van der Waals surface area contributed by atoms with Gasteiger partial charge < -0.3 is 20.3 Å². The fourth-order valence-corrected chi connectivity index (χ4v) is 2.91. The average Bonchev–Trinajstić information content (AvgIpc) is 3.19. The molecule has 154 valence electrons. The summed E-state index contributed by atoms with van der Waals surface area (Å²) in [5, 5.41) is 9.66. The number of morpholine rings is 1. The predicted molar refractivity (Wildman–Crippen MR) is 107 cm³/mol. The lowest BCUT2D eigenvalue weighted by molar-refractivity contribution is -0.136.